The molecule has 2 aliphatic rings. The number of thiophene rings is 1. The third-order valence-corrected chi connectivity index (χ3v) is 7.57. The fourth-order valence-corrected chi connectivity index (χ4v) is 5.75. The van der Waals surface area contributed by atoms with Gasteiger partial charge in [-0.25, -0.2) is 9.97 Å². The van der Waals surface area contributed by atoms with Crippen LogP contribution in [0, 0.1) is 0 Å². The predicted molar refractivity (Wildman–Crippen MR) is 120 cm³/mol. The first-order valence-electron chi connectivity index (χ1n) is 10.3. The number of thioether (sulfide) groups is 1. The summed E-state index contributed by atoms with van der Waals surface area (Å²) in [6.45, 7) is 5.55. The van der Waals surface area contributed by atoms with Gasteiger partial charge in [0.05, 0.1) is 31.0 Å². The van der Waals surface area contributed by atoms with Crippen LogP contribution in [0.15, 0.2) is 40.7 Å². The van der Waals surface area contributed by atoms with Gasteiger partial charge in [0.2, 0.25) is 5.91 Å². The van der Waals surface area contributed by atoms with E-state index in [4.69, 9.17) is 14.7 Å². The minimum atomic E-state index is 0.175. The maximum Gasteiger partial charge on any atom is 0.233 e. The van der Waals surface area contributed by atoms with Gasteiger partial charge < -0.3 is 9.64 Å². The summed E-state index contributed by atoms with van der Waals surface area (Å²) in [5.41, 5.74) is 2.23. The Labute approximate surface area is 184 Å². The average Bonchev–Trinajstić information content (AvgIpc) is 3.26. The van der Waals surface area contributed by atoms with Gasteiger partial charge in [0.25, 0.3) is 0 Å². The highest BCUT2D eigenvalue weighted by Crippen LogP contribution is 2.28. The third kappa shape index (κ3) is 4.37. The molecule has 0 bridgehead atoms. The van der Waals surface area contributed by atoms with Gasteiger partial charge in [-0.1, -0.05) is 30.0 Å². The molecule has 0 atom stereocenters. The highest BCUT2D eigenvalue weighted by molar-refractivity contribution is 8.00. The lowest BCUT2D eigenvalue weighted by atomic mass is 10.1. The monoisotopic (exact) mass is 440 g/mol. The number of rotatable bonds is 5. The maximum absolute atomic E-state index is 12.9. The van der Waals surface area contributed by atoms with Crippen LogP contribution in [0.2, 0.25) is 0 Å². The molecule has 0 unspecified atom stereocenters. The summed E-state index contributed by atoms with van der Waals surface area (Å²) in [6, 6.07) is 10.2. The van der Waals surface area contributed by atoms with E-state index in [0.29, 0.717) is 12.3 Å². The summed E-state index contributed by atoms with van der Waals surface area (Å²) >= 11 is 3.32. The highest BCUT2D eigenvalue weighted by Gasteiger charge is 2.22. The number of morpholine rings is 1. The van der Waals surface area contributed by atoms with Crippen molar-refractivity contribution in [3.05, 3.63) is 52.0 Å². The third-order valence-electron chi connectivity index (χ3n) is 5.58. The number of fused-ring (bicyclic) bond motifs is 2. The van der Waals surface area contributed by atoms with Crippen molar-refractivity contribution in [2.75, 3.05) is 38.6 Å². The molecule has 30 heavy (non-hydrogen) atoms. The first-order chi connectivity index (χ1) is 14.8. The lowest BCUT2D eigenvalue weighted by Gasteiger charge is -2.27. The van der Waals surface area contributed by atoms with Gasteiger partial charge in [-0.15, -0.1) is 11.3 Å². The SMILES string of the molecule is O=C(CSc1nc(CN2CCOCC2)nc2ccccc12)N1CCc2sccc2C1. The van der Waals surface area contributed by atoms with Crippen LogP contribution in [0.1, 0.15) is 16.3 Å². The van der Waals surface area contributed by atoms with Gasteiger partial charge in [-0.2, -0.15) is 0 Å². The summed E-state index contributed by atoms with van der Waals surface area (Å²) < 4.78 is 5.44. The first kappa shape index (κ1) is 19.9. The molecule has 5 rings (SSSR count). The van der Waals surface area contributed by atoms with E-state index in [9.17, 15) is 4.79 Å². The van der Waals surface area contributed by atoms with Crippen molar-refractivity contribution in [2.45, 2.75) is 24.5 Å². The Balaban J connectivity index is 1.31. The quantitative estimate of drug-likeness (QED) is 0.449. The van der Waals surface area contributed by atoms with Crippen LogP contribution in [-0.2, 0) is 29.0 Å². The molecule has 4 heterocycles. The first-order valence-corrected chi connectivity index (χ1v) is 12.1. The number of hydrogen-bond acceptors (Lipinski definition) is 7. The minimum Gasteiger partial charge on any atom is -0.379 e. The van der Waals surface area contributed by atoms with Crippen LogP contribution in [0.4, 0.5) is 0 Å². The molecule has 8 heteroatoms. The van der Waals surface area contributed by atoms with Crippen LogP contribution < -0.4 is 0 Å². The summed E-state index contributed by atoms with van der Waals surface area (Å²) in [5.74, 6) is 1.39. The number of amides is 1. The number of carbonyl (C=O) groups is 1. The molecule has 0 aliphatic carbocycles. The zero-order chi connectivity index (χ0) is 20.3. The van der Waals surface area contributed by atoms with E-state index in [1.54, 1.807) is 11.3 Å². The van der Waals surface area contributed by atoms with E-state index in [0.717, 1.165) is 67.6 Å². The van der Waals surface area contributed by atoms with Crippen molar-refractivity contribution in [3.8, 4) is 0 Å². The second-order valence-electron chi connectivity index (χ2n) is 7.57. The molecule has 6 nitrogen and oxygen atoms in total. The van der Waals surface area contributed by atoms with Crippen molar-refractivity contribution in [1.29, 1.82) is 0 Å². The van der Waals surface area contributed by atoms with E-state index in [1.165, 1.54) is 22.2 Å². The largest absolute Gasteiger partial charge is 0.379 e. The molecule has 1 amide bonds. The minimum absolute atomic E-state index is 0.175. The summed E-state index contributed by atoms with van der Waals surface area (Å²) in [7, 11) is 0. The Morgan fingerprint density at radius 1 is 1.13 bits per heavy atom. The highest BCUT2D eigenvalue weighted by atomic mass is 32.2. The standard InChI is InChI=1S/C22H24N4O2S2/c27-21(26-7-5-19-16(13-26)6-12-29-19)15-30-22-17-3-1-2-4-18(17)23-20(24-22)14-25-8-10-28-11-9-25/h1-4,6,12H,5,7-11,13-15H2. The Morgan fingerprint density at radius 2 is 2.00 bits per heavy atom. The molecule has 2 aliphatic heterocycles. The molecule has 1 fully saturated rings. The molecule has 0 spiro atoms. The number of nitrogens with zero attached hydrogens (tertiary/aromatic N) is 4. The zero-order valence-electron chi connectivity index (χ0n) is 16.7. The zero-order valence-corrected chi connectivity index (χ0v) is 18.4. The van der Waals surface area contributed by atoms with Crippen molar-refractivity contribution >= 4 is 39.9 Å². The van der Waals surface area contributed by atoms with Gasteiger partial charge in [-0.3, -0.25) is 9.69 Å². The van der Waals surface area contributed by atoms with Crippen molar-refractivity contribution in [3.63, 3.8) is 0 Å². The van der Waals surface area contributed by atoms with Gasteiger partial charge in [0.1, 0.15) is 10.9 Å². The smallest absolute Gasteiger partial charge is 0.233 e. The lowest BCUT2D eigenvalue weighted by Crippen LogP contribution is -2.36. The van der Waals surface area contributed by atoms with Gasteiger partial charge >= 0.3 is 0 Å². The Kier molecular flexibility index (Phi) is 5.99. The Bertz CT molecular complexity index is 1050. The number of ether oxygens (including phenoxy) is 1. The molecule has 0 saturated carbocycles. The van der Waals surface area contributed by atoms with E-state index in [-0.39, 0.29) is 5.91 Å². The van der Waals surface area contributed by atoms with Gasteiger partial charge in [-0.05, 0) is 29.5 Å². The van der Waals surface area contributed by atoms with Crippen LogP contribution in [0.5, 0.6) is 0 Å². The molecule has 1 aromatic carbocycles. The Hall–Kier alpha value is -2.00. The van der Waals surface area contributed by atoms with E-state index in [1.807, 2.05) is 29.2 Å². The number of hydrogen-bond donors (Lipinski definition) is 0. The summed E-state index contributed by atoms with van der Waals surface area (Å²) in [5, 5.41) is 4.03. The maximum atomic E-state index is 12.9. The molecule has 1 saturated heterocycles. The van der Waals surface area contributed by atoms with E-state index >= 15 is 0 Å². The van der Waals surface area contributed by atoms with Gasteiger partial charge in [0, 0.05) is 36.4 Å². The van der Waals surface area contributed by atoms with Gasteiger partial charge in [0.15, 0.2) is 0 Å². The fraction of sp³-hybridized carbons (Fsp3) is 0.409. The number of para-hydroxylation sites is 1. The fourth-order valence-electron chi connectivity index (χ4n) is 3.92. The molecule has 2 aromatic heterocycles. The van der Waals surface area contributed by atoms with Crippen LogP contribution in [-0.4, -0.2) is 64.3 Å². The predicted octanol–water partition coefficient (Wildman–Crippen LogP) is 3.20. The number of carbonyl (C=O) groups excluding carboxylic acids is 1. The molecular weight excluding hydrogens is 416 g/mol. The normalized spacial score (nSPS) is 17.3. The summed E-state index contributed by atoms with van der Waals surface area (Å²) in [6.07, 6.45) is 0.962. The Morgan fingerprint density at radius 3 is 2.90 bits per heavy atom. The molecule has 156 valence electrons. The van der Waals surface area contributed by atoms with E-state index < -0.39 is 0 Å². The molecular formula is C22H24N4O2S2. The molecule has 3 aromatic rings. The van der Waals surface area contributed by atoms with E-state index in [2.05, 4.69) is 16.3 Å². The lowest BCUT2D eigenvalue weighted by molar-refractivity contribution is -0.129. The number of benzene rings is 1. The number of aromatic nitrogens is 2. The van der Waals surface area contributed by atoms with Crippen molar-refractivity contribution < 1.29 is 9.53 Å². The molecule has 0 N–H and O–H groups in total. The van der Waals surface area contributed by atoms with Crippen molar-refractivity contribution in [2.24, 2.45) is 0 Å². The topological polar surface area (TPSA) is 58.6 Å². The van der Waals surface area contributed by atoms with Crippen LogP contribution in [0.3, 0.4) is 0 Å². The van der Waals surface area contributed by atoms with Crippen LogP contribution in [0.25, 0.3) is 10.9 Å². The second kappa shape index (κ2) is 9.01. The van der Waals surface area contributed by atoms with Crippen molar-refractivity contribution in [1.82, 2.24) is 19.8 Å². The van der Waals surface area contributed by atoms with Crippen LogP contribution >= 0.6 is 23.1 Å². The average molecular weight is 441 g/mol. The molecule has 0 radical (unpaired) electrons. The second-order valence-corrected chi connectivity index (χ2v) is 9.54. The summed E-state index contributed by atoms with van der Waals surface area (Å²) in [4.78, 5) is 28.2.